The Morgan fingerprint density at radius 3 is 1.82 bits per heavy atom. The molecule has 0 saturated carbocycles. The van der Waals surface area contributed by atoms with Gasteiger partial charge < -0.3 is 4.74 Å². The molecule has 0 aliphatic carbocycles. The Labute approximate surface area is 319 Å². The summed E-state index contributed by atoms with van der Waals surface area (Å²) in [6.07, 6.45) is 3.72. The maximum Gasteiger partial charge on any atom is 0.147 e. The van der Waals surface area contributed by atoms with Gasteiger partial charge in [-0.05, 0) is 130 Å². The third kappa shape index (κ3) is 5.13. The van der Waals surface area contributed by atoms with Crippen LogP contribution in [0.5, 0.6) is 11.5 Å². The molecule has 6 nitrogen and oxygen atoms in total. The molecule has 10 rings (SSSR count). The van der Waals surface area contributed by atoms with Crippen LogP contribution in [-0.4, -0.2) is 23.9 Å². The lowest BCUT2D eigenvalue weighted by molar-refractivity contribution is 0.484. The molecule has 0 bridgehead atoms. The largest absolute Gasteiger partial charge is 0.457 e. The summed E-state index contributed by atoms with van der Waals surface area (Å²) < 4.78 is 11.3. The fourth-order valence-electron chi connectivity index (χ4n) is 8.99. The molecule has 0 unspecified atom stereocenters. The van der Waals surface area contributed by atoms with Gasteiger partial charge in [-0.25, -0.2) is 15.0 Å². The lowest BCUT2D eigenvalue weighted by atomic mass is 9.91. The van der Waals surface area contributed by atoms with E-state index in [1.54, 1.807) is 0 Å². The van der Waals surface area contributed by atoms with Crippen molar-refractivity contribution in [1.82, 2.24) is 23.9 Å². The Bertz CT molecular complexity index is 3140. The van der Waals surface area contributed by atoms with Gasteiger partial charge in [0, 0.05) is 51.1 Å². The van der Waals surface area contributed by atoms with Crippen LogP contribution < -0.4 is 4.74 Å². The molecule has 55 heavy (non-hydrogen) atoms. The second-order valence-corrected chi connectivity index (χ2v) is 14.9. The SMILES string of the molecule is Cc1cc(C)c(-c2nc3c4cc(Oc5ccc6c7ccccc7n(-c7ccccn7)c6c5)ccc4c4cccnc4n3c2-c2c(C)cc(C)cc2C)c(C)c1. The van der Waals surface area contributed by atoms with Crippen LogP contribution in [0.2, 0.25) is 0 Å². The van der Waals surface area contributed by atoms with E-state index in [1.807, 2.05) is 36.7 Å². The number of aryl methyl sites for hydroxylation is 6. The minimum absolute atomic E-state index is 0.731. The van der Waals surface area contributed by atoms with E-state index in [-0.39, 0.29) is 0 Å². The Morgan fingerprint density at radius 2 is 1.09 bits per heavy atom. The lowest BCUT2D eigenvalue weighted by Gasteiger charge is -2.17. The van der Waals surface area contributed by atoms with Crippen molar-refractivity contribution in [2.45, 2.75) is 41.5 Å². The Balaban J connectivity index is 1.23. The number of hydrogen-bond acceptors (Lipinski definition) is 4. The number of ether oxygens (including phenoxy) is 1. The average Bonchev–Trinajstić information content (AvgIpc) is 3.71. The summed E-state index contributed by atoms with van der Waals surface area (Å²) in [5.41, 5.74) is 15.5. The summed E-state index contributed by atoms with van der Waals surface area (Å²) in [7, 11) is 0. The normalized spacial score (nSPS) is 11.8. The highest BCUT2D eigenvalue weighted by Crippen LogP contribution is 2.44. The summed E-state index contributed by atoms with van der Waals surface area (Å²) in [6, 6.07) is 40.4. The number of benzene rings is 5. The third-order valence-corrected chi connectivity index (χ3v) is 11.0. The Hall–Kier alpha value is -6.79. The van der Waals surface area contributed by atoms with Crippen LogP contribution in [0.15, 0.2) is 128 Å². The highest BCUT2D eigenvalue weighted by molar-refractivity contribution is 6.13. The number of pyridine rings is 3. The summed E-state index contributed by atoms with van der Waals surface area (Å²) in [4.78, 5) is 15.4. The molecule has 266 valence electrons. The number of rotatable bonds is 5. The standard InChI is InChI=1S/C49H39N5O/c1-28-22-30(3)44(31(4)23-28)46-47(45-32(5)24-29(2)25-33(45)6)54-48-39(13-11-21-51-48)36-18-16-34(26-40(36)49(54)52-46)55-35-17-19-38-37-12-7-8-14-41(37)53(42(38)27-35)43-15-9-10-20-50-43/h7-27H,1-6H3. The van der Waals surface area contributed by atoms with Gasteiger partial charge in [0.2, 0.25) is 0 Å². The highest BCUT2D eigenvalue weighted by atomic mass is 16.5. The fourth-order valence-corrected chi connectivity index (χ4v) is 8.99. The molecular formula is C49H39N5O. The Kier molecular flexibility index (Phi) is 7.39. The number of fused-ring (bicyclic) bond motifs is 9. The monoisotopic (exact) mass is 713 g/mol. The molecule has 0 N–H and O–H groups in total. The zero-order valence-corrected chi connectivity index (χ0v) is 31.8. The predicted molar refractivity (Wildman–Crippen MR) is 226 cm³/mol. The number of nitrogens with zero attached hydrogens (tertiary/aromatic N) is 5. The molecule has 0 spiro atoms. The van der Waals surface area contributed by atoms with Crippen molar-refractivity contribution in [3.63, 3.8) is 0 Å². The van der Waals surface area contributed by atoms with Crippen LogP contribution in [0, 0.1) is 41.5 Å². The summed E-state index contributed by atoms with van der Waals surface area (Å²) in [5, 5.41) is 5.45. The zero-order chi connectivity index (χ0) is 37.5. The van der Waals surface area contributed by atoms with E-state index in [2.05, 4.69) is 142 Å². The van der Waals surface area contributed by atoms with Gasteiger partial charge in [0.05, 0.1) is 22.4 Å². The number of hydrogen-bond donors (Lipinski definition) is 0. The molecule has 0 fully saturated rings. The first-order valence-electron chi connectivity index (χ1n) is 18.8. The molecular weight excluding hydrogens is 675 g/mol. The summed E-state index contributed by atoms with van der Waals surface area (Å²) in [6.45, 7) is 13.1. The fraction of sp³-hybridized carbons (Fsp3) is 0.122. The molecule has 0 radical (unpaired) electrons. The van der Waals surface area contributed by atoms with Gasteiger partial charge in [-0.3, -0.25) is 8.97 Å². The van der Waals surface area contributed by atoms with Crippen LogP contribution >= 0.6 is 0 Å². The molecule has 0 aliphatic rings. The quantitative estimate of drug-likeness (QED) is 0.167. The molecule has 5 heterocycles. The van der Waals surface area contributed by atoms with E-state index in [0.717, 1.165) is 78.1 Å². The van der Waals surface area contributed by atoms with E-state index in [4.69, 9.17) is 19.7 Å². The molecule has 0 saturated heterocycles. The summed E-state index contributed by atoms with van der Waals surface area (Å²) >= 11 is 0. The van der Waals surface area contributed by atoms with Crippen molar-refractivity contribution in [2.75, 3.05) is 0 Å². The molecule has 0 amide bonds. The van der Waals surface area contributed by atoms with Gasteiger partial charge in [-0.2, -0.15) is 0 Å². The van der Waals surface area contributed by atoms with Crippen LogP contribution in [0.1, 0.15) is 33.4 Å². The molecule has 5 aromatic heterocycles. The maximum atomic E-state index is 6.77. The van der Waals surface area contributed by atoms with Gasteiger partial charge in [0.15, 0.2) is 0 Å². The van der Waals surface area contributed by atoms with Crippen molar-refractivity contribution in [1.29, 1.82) is 0 Å². The summed E-state index contributed by atoms with van der Waals surface area (Å²) in [5.74, 6) is 2.34. The molecule has 6 heteroatoms. The number of para-hydroxylation sites is 1. The van der Waals surface area contributed by atoms with Crippen molar-refractivity contribution >= 4 is 49.3 Å². The minimum Gasteiger partial charge on any atom is -0.457 e. The van der Waals surface area contributed by atoms with Gasteiger partial charge in [-0.15, -0.1) is 0 Å². The molecule has 10 aromatic rings. The highest BCUT2D eigenvalue weighted by Gasteiger charge is 2.26. The number of imidazole rings is 1. The van der Waals surface area contributed by atoms with Crippen molar-refractivity contribution in [3.8, 4) is 39.8 Å². The van der Waals surface area contributed by atoms with Crippen LogP contribution in [0.25, 0.3) is 77.6 Å². The third-order valence-electron chi connectivity index (χ3n) is 11.0. The van der Waals surface area contributed by atoms with Gasteiger partial charge in [-0.1, -0.05) is 59.7 Å². The van der Waals surface area contributed by atoms with Crippen LogP contribution in [0.3, 0.4) is 0 Å². The lowest BCUT2D eigenvalue weighted by Crippen LogP contribution is -2.00. The first-order chi connectivity index (χ1) is 26.7. The molecule has 0 aliphatic heterocycles. The van der Waals surface area contributed by atoms with E-state index in [9.17, 15) is 0 Å². The number of aromatic nitrogens is 5. The van der Waals surface area contributed by atoms with Crippen molar-refractivity contribution in [2.24, 2.45) is 0 Å². The van der Waals surface area contributed by atoms with E-state index in [0.29, 0.717) is 0 Å². The zero-order valence-electron chi connectivity index (χ0n) is 31.8. The first-order valence-corrected chi connectivity index (χ1v) is 18.8. The van der Waals surface area contributed by atoms with Gasteiger partial charge in [0.1, 0.15) is 28.6 Å². The Morgan fingerprint density at radius 1 is 0.473 bits per heavy atom. The minimum atomic E-state index is 0.731. The molecule has 5 aromatic carbocycles. The second kappa shape index (κ2) is 12.4. The first kappa shape index (κ1) is 32.8. The predicted octanol–water partition coefficient (Wildman–Crippen LogP) is 12.5. The average molecular weight is 714 g/mol. The van der Waals surface area contributed by atoms with Crippen molar-refractivity contribution in [3.05, 3.63) is 161 Å². The van der Waals surface area contributed by atoms with Crippen LogP contribution in [-0.2, 0) is 0 Å². The van der Waals surface area contributed by atoms with Crippen molar-refractivity contribution < 1.29 is 4.74 Å². The second-order valence-electron chi connectivity index (χ2n) is 14.9. The van der Waals surface area contributed by atoms with Crippen LogP contribution in [0.4, 0.5) is 0 Å². The van der Waals surface area contributed by atoms with E-state index >= 15 is 0 Å². The molecule has 0 atom stereocenters. The smallest absolute Gasteiger partial charge is 0.147 e. The van der Waals surface area contributed by atoms with Gasteiger partial charge >= 0.3 is 0 Å². The van der Waals surface area contributed by atoms with E-state index in [1.165, 1.54) is 44.3 Å². The topological polar surface area (TPSA) is 57.2 Å². The van der Waals surface area contributed by atoms with Gasteiger partial charge in [0.25, 0.3) is 0 Å². The van der Waals surface area contributed by atoms with E-state index < -0.39 is 0 Å². The maximum absolute atomic E-state index is 6.77.